The zero-order chi connectivity index (χ0) is 14.1. The van der Waals surface area contributed by atoms with Gasteiger partial charge in [0.05, 0.1) is 10.2 Å². The Balaban J connectivity index is 1.70. The maximum absolute atomic E-state index is 5.83. The number of benzene rings is 1. The maximum atomic E-state index is 5.83. The van der Waals surface area contributed by atoms with E-state index in [-0.39, 0.29) is 0 Å². The highest BCUT2D eigenvalue weighted by Gasteiger charge is 2.23. The summed E-state index contributed by atoms with van der Waals surface area (Å²) in [6.07, 6.45) is 1.30. The van der Waals surface area contributed by atoms with Gasteiger partial charge in [-0.2, -0.15) is 0 Å². The van der Waals surface area contributed by atoms with Crippen molar-refractivity contribution in [3.05, 3.63) is 18.2 Å². The molecule has 0 saturated carbocycles. The standard InChI is InChI=1S/C15H22N4S/c1-3-19-7-6-11(10-19)9-18(2)15-17-13-5-4-12(16)8-14(13)20-15/h4-5,8,11H,3,6-7,9-10,16H2,1-2H3. The highest BCUT2D eigenvalue weighted by Crippen LogP contribution is 2.30. The molecule has 1 aromatic heterocycles. The lowest BCUT2D eigenvalue weighted by Crippen LogP contribution is -2.28. The molecule has 20 heavy (non-hydrogen) atoms. The number of anilines is 2. The summed E-state index contributed by atoms with van der Waals surface area (Å²) in [5.74, 6) is 0.761. The molecule has 0 spiro atoms. The van der Waals surface area contributed by atoms with Crippen LogP contribution in [0.25, 0.3) is 10.2 Å². The van der Waals surface area contributed by atoms with Crippen LogP contribution in [0.4, 0.5) is 10.8 Å². The number of hydrogen-bond acceptors (Lipinski definition) is 5. The number of nitrogen functional groups attached to an aromatic ring is 1. The fraction of sp³-hybridized carbons (Fsp3) is 0.533. The number of nitrogens with two attached hydrogens (primary N) is 1. The first-order valence-electron chi connectivity index (χ1n) is 7.25. The number of likely N-dealkylation sites (tertiary alicyclic amines) is 1. The van der Waals surface area contributed by atoms with Crippen LogP contribution in [0.15, 0.2) is 18.2 Å². The molecule has 0 amide bonds. The van der Waals surface area contributed by atoms with E-state index in [1.54, 1.807) is 11.3 Å². The van der Waals surface area contributed by atoms with Gasteiger partial charge in [0.2, 0.25) is 0 Å². The predicted octanol–water partition coefficient (Wildman–Crippen LogP) is 2.66. The van der Waals surface area contributed by atoms with Crippen LogP contribution in [0.1, 0.15) is 13.3 Å². The van der Waals surface area contributed by atoms with E-state index in [4.69, 9.17) is 10.7 Å². The highest BCUT2D eigenvalue weighted by molar-refractivity contribution is 7.22. The quantitative estimate of drug-likeness (QED) is 0.879. The van der Waals surface area contributed by atoms with Crippen molar-refractivity contribution in [1.82, 2.24) is 9.88 Å². The summed E-state index contributed by atoms with van der Waals surface area (Å²) in [5.41, 5.74) is 7.69. The van der Waals surface area contributed by atoms with Crippen molar-refractivity contribution in [2.45, 2.75) is 13.3 Å². The third-order valence-corrected chi connectivity index (χ3v) is 5.21. The molecule has 1 saturated heterocycles. The molecule has 2 heterocycles. The van der Waals surface area contributed by atoms with Gasteiger partial charge in [-0.15, -0.1) is 0 Å². The van der Waals surface area contributed by atoms with Crippen molar-refractivity contribution >= 4 is 32.4 Å². The molecule has 1 aliphatic rings. The van der Waals surface area contributed by atoms with Gasteiger partial charge in [-0.05, 0) is 43.6 Å². The minimum absolute atomic E-state index is 0.761. The largest absolute Gasteiger partial charge is 0.399 e. The van der Waals surface area contributed by atoms with Gasteiger partial charge < -0.3 is 15.5 Å². The predicted molar refractivity (Wildman–Crippen MR) is 87.5 cm³/mol. The molecule has 2 aromatic rings. The van der Waals surface area contributed by atoms with Gasteiger partial charge in [0, 0.05) is 25.8 Å². The van der Waals surface area contributed by atoms with Crippen molar-refractivity contribution in [3.8, 4) is 0 Å². The van der Waals surface area contributed by atoms with Crippen molar-refractivity contribution in [1.29, 1.82) is 0 Å². The molecular formula is C15H22N4S. The highest BCUT2D eigenvalue weighted by atomic mass is 32.1. The number of rotatable bonds is 4. The van der Waals surface area contributed by atoms with Gasteiger partial charge in [-0.1, -0.05) is 18.3 Å². The number of nitrogens with zero attached hydrogens (tertiary/aromatic N) is 3. The van der Waals surface area contributed by atoms with E-state index in [0.29, 0.717) is 0 Å². The van der Waals surface area contributed by atoms with E-state index < -0.39 is 0 Å². The third-order valence-electron chi connectivity index (χ3n) is 4.08. The van der Waals surface area contributed by atoms with Crippen LogP contribution in [0.5, 0.6) is 0 Å². The summed E-state index contributed by atoms with van der Waals surface area (Å²) in [6, 6.07) is 5.94. The van der Waals surface area contributed by atoms with Crippen molar-refractivity contribution < 1.29 is 0 Å². The number of fused-ring (bicyclic) bond motifs is 1. The average molecular weight is 290 g/mol. The van der Waals surface area contributed by atoms with Gasteiger partial charge in [0.1, 0.15) is 0 Å². The number of thiazole rings is 1. The monoisotopic (exact) mass is 290 g/mol. The Kier molecular flexibility index (Phi) is 3.81. The maximum Gasteiger partial charge on any atom is 0.186 e. The Morgan fingerprint density at radius 2 is 2.35 bits per heavy atom. The first kappa shape index (κ1) is 13.6. The zero-order valence-electron chi connectivity index (χ0n) is 12.2. The van der Waals surface area contributed by atoms with Crippen LogP contribution >= 0.6 is 11.3 Å². The minimum atomic E-state index is 0.761. The molecule has 1 aromatic carbocycles. The van der Waals surface area contributed by atoms with Crippen LogP contribution in [0.3, 0.4) is 0 Å². The van der Waals surface area contributed by atoms with Gasteiger partial charge in [-0.25, -0.2) is 4.98 Å². The Bertz CT molecular complexity index is 595. The summed E-state index contributed by atoms with van der Waals surface area (Å²) >= 11 is 1.73. The smallest absolute Gasteiger partial charge is 0.186 e. The summed E-state index contributed by atoms with van der Waals surface area (Å²) in [6.45, 7) is 6.96. The summed E-state index contributed by atoms with van der Waals surface area (Å²) in [4.78, 5) is 9.53. The Morgan fingerprint density at radius 3 is 3.10 bits per heavy atom. The second-order valence-electron chi connectivity index (χ2n) is 5.65. The second kappa shape index (κ2) is 5.58. The van der Waals surface area contributed by atoms with Gasteiger partial charge in [-0.3, -0.25) is 0 Å². The molecule has 1 aliphatic heterocycles. The van der Waals surface area contributed by atoms with Crippen LogP contribution < -0.4 is 10.6 Å². The van der Waals surface area contributed by atoms with E-state index in [1.807, 2.05) is 18.2 Å². The molecule has 0 bridgehead atoms. The molecule has 0 aliphatic carbocycles. The molecule has 5 heteroatoms. The molecule has 1 unspecified atom stereocenters. The molecular weight excluding hydrogens is 268 g/mol. The lowest BCUT2D eigenvalue weighted by molar-refractivity contribution is 0.343. The van der Waals surface area contributed by atoms with E-state index in [2.05, 4.69) is 23.8 Å². The SMILES string of the molecule is CCN1CCC(CN(C)c2nc3ccc(N)cc3s2)C1. The lowest BCUT2D eigenvalue weighted by Gasteiger charge is -2.20. The van der Waals surface area contributed by atoms with E-state index >= 15 is 0 Å². The first-order chi connectivity index (χ1) is 9.65. The molecule has 108 valence electrons. The fourth-order valence-corrected chi connectivity index (χ4v) is 3.89. The lowest BCUT2D eigenvalue weighted by atomic mass is 10.1. The molecule has 1 fully saturated rings. The van der Waals surface area contributed by atoms with Gasteiger partial charge >= 0.3 is 0 Å². The molecule has 1 atom stereocenters. The van der Waals surface area contributed by atoms with Gasteiger partial charge in [0.25, 0.3) is 0 Å². The molecule has 4 nitrogen and oxygen atoms in total. The van der Waals surface area contributed by atoms with Crippen LogP contribution in [0, 0.1) is 5.92 Å². The van der Waals surface area contributed by atoms with Crippen LogP contribution in [0.2, 0.25) is 0 Å². The minimum Gasteiger partial charge on any atom is -0.399 e. The summed E-state index contributed by atoms with van der Waals surface area (Å²) in [5, 5.41) is 1.10. The fourth-order valence-electron chi connectivity index (χ4n) is 2.91. The Hall–Kier alpha value is -1.33. The Morgan fingerprint density at radius 1 is 1.50 bits per heavy atom. The average Bonchev–Trinajstić information content (AvgIpc) is 3.04. The van der Waals surface area contributed by atoms with E-state index in [0.717, 1.165) is 28.8 Å². The zero-order valence-corrected chi connectivity index (χ0v) is 13.0. The molecule has 0 radical (unpaired) electrons. The van der Waals surface area contributed by atoms with E-state index in [9.17, 15) is 0 Å². The van der Waals surface area contributed by atoms with E-state index in [1.165, 1.54) is 30.8 Å². The third kappa shape index (κ3) is 2.74. The van der Waals surface area contributed by atoms with Gasteiger partial charge in [0.15, 0.2) is 5.13 Å². The summed E-state index contributed by atoms with van der Waals surface area (Å²) < 4.78 is 1.17. The van der Waals surface area contributed by atoms with Crippen molar-refractivity contribution in [2.75, 3.05) is 43.9 Å². The second-order valence-corrected chi connectivity index (χ2v) is 6.66. The molecule has 3 rings (SSSR count). The van der Waals surface area contributed by atoms with Crippen molar-refractivity contribution in [2.24, 2.45) is 5.92 Å². The van der Waals surface area contributed by atoms with Crippen LogP contribution in [-0.4, -0.2) is 43.1 Å². The first-order valence-corrected chi connectivity index (χ1v) is 8.07. The van der Waals surface area contributed by atoms with Crippen LogP contribution in [-0.2, 0) is 0 Å². The molecule has 2 N–H and O–H groups in total. The number of aromatic nitrogens is 1. The summed E-state index contributed by atoms with van der Waals surface area (Å²) in [7, 11) is 2.15. The normalized spacial score (nSPS) is 19.8. The number of hydrogen-bond donors (Lipinski definition) is 1. The Labute approximate surface area is 124 Å². The van der Waals surface area contributed by atoms with Crippen molar-refractivity contribution in [3.63, 3.8) is 0 Å². The topological polar surface area (TPSA) is 45.4 Å².